The maximum atomic E-state index is 10.7. The van der Waals surface area contributed by atoms with Crippen molar-refractivity contribution in [1.29, 1.82) is 0 Å². The van der Waals surface area contributed by atoms with E-state index in [9.17, 15) is 9.59 Å². The van der Waals surface area contributed by atoms with Gasteiger partial charge in [0.2, 0.25) is 5.91 Å². The largest absolute Gasteiger partial charge is 0.482 e. The van der Waals surface area contributed by atoms with Crippen LogP contribution in [0.2, 0.25) is 0 Å². The summed E-state index contributed by atoms with van der Waals surface area (Å²) in [7, 11) is 0. The van der Waals surface area contributed by atoms with E-state index >= 15 is 0 Å². The van der Waals surface area contributed by atoms with Crippen molar-refractivity contribution in [2.75, 3.05) is 6.61 Å². The van der Waals surface area contributed by atoms with Gasteiger partial charge in [-0.15, -0.1) is 0 Å². The molecule has 0 saturated carbocycles. The van der Waals surface area contributed by atoms with Gasteiger partial charge in [0, 0.05) is 11.8 Å². The monoisotopic (exact) mass is 271 g/mol. The summed E-state index contributed by atoms with van der Waals surface area (Å²) in [5, 5.41) is 8.43. The Kier molecular flexibility index (Phi) is 8.47. The number of carboxylic acids is 1. The fraction of sp³-hybridized carbons (Fsp3) is 0.333. The molecule has 5 nitrogen and oxygen atoms in total. The fourth-order valence-corrected chi connectivity index (χ4v) is 1.49. The Morgan fingerprint density at radius 1 is 1.39 bits per heavy atom. The van der Waals surface area contributed by atoms with E-state index in [1.807, 2.05) is 13.8 Å². The van der Waals surface area contributed by atoms with Gasteiger partial charge in [0.05, 0.1) is 0 Å². The van der Waals surface area contributed by atoms with Crippen LogP contribution in [-0.4, -0.2) is 23.6 Å². The molecule has 1 rings (SSSR count). The second kappa shape index (κ2) is 9.35. The van der Waals surface area contributed by atoms with Crippen LogP contribution < -0.4 is 9.46 Å². The van der Waals surface area contributed by atoms with Crippen LogP contribution in [-0.2, 0) is 9.59 Å². The third-order valence-electron chi connectivity index (χ3n) is 1.48. The summed E-state index contributed by atoms with van der Waals surface area (Å²) in [5.41, 5.74) is 0. The van der Waals surface area contributed by atoms with Crippen molar-refractivity contribution in [2.45, 2.75) is 25.7 Å². The maximum Gasteiger partial charge on any atom is 0.341 e. The lowest BCUT2D eigenvalue weighted by Crippen LogP contribution is -2.10. The number of carboxylic acid groups (broad SMARTS) is 1. The number of hydrogen-bond acceptors (Lipinski definition) is 4. The minimum Gasteiger partial charge on any atom is -0.482 e. The molecular weight excluding hydrogens is 254 g/mol. The molecule has 2 N–H and O–H groups in total. The Bertz CT molecular complexity index is 362. The van der Waals surface area contributed by atoms with E-state index in [0.29, 0.717) is 5.75 Å². The van der Waals surface area contributed by atoms with Crippen LogP contribution in [0.15, 0.2) is 29.2 Å². The molecule has 0 saturated heterocycles. The summed E-state index contributed by atoms with van der Waals surface area (Å²) in [6.07, 6.45) is 0. The third kappa shape index (κ3) is 7.56. The highest BCUT2D eigenvalue weighted by Gasteiger charge is 2.01. The Balaban J connectivity index is 0.00000137. The van der Waals surface area contributed by atoms with Gasteiger partial charge in [-0.1, -0.05) is 19.9 Å². The number of nitrogens with one attached hydrogen (secondary N) is 1. The van der Waals surface area contributed by atoms with E-state index in [4.69, 9.17) is 9.84 Å². The number of carbonyl (C=O) groups excluding carboxylic acids is 1. The number of carbonyl (C=O) groups is 2. The topological polar surface area (TPSA) is 75.6 Å². The van der Waals surface area contributed by atoms with Crippen LogP contribution >= 0.6 is 11.9 Å². The van der Waals surface area contributed by atoms with Gasteiger partial charge in [0.25, 0.3) is 0 Å². The zero-order valence-electron chi connectivity index (χ0n) is 10.6. The first-order valence-electron chi connectivity index (χ1n) is 5.46. The fourth-order valence-electron chi connectivity index (χ4n) is 0.903. The minimum absolute atomic E-state index is 0.151. The van der Waals surface area contributed by atoms with E-state index in [2.05, 4.69) is 4.72 Å². The molecule has 0 radical (unpaired) electrons. The molecule has 0 atom stereocenters. The van der Waals surface area contributed by atoms with Gasteiger partial charge in [-0.25, -0.2) is 4.79 Å². The van der Waals surface area contributed by atoms with E-state index < -0.39 is 5.97 Å². The highest BCUT2D eigenvalue weighted by molar-refractivity contribution is 7.98. The Hall–Kier alpha value is -1.69. The zero-order valence-corrected chi connectivity index (χ0v) is 11.4. The lowest BCUT2D eigenvalue weighted by Gasteiger charge is -2.05. The van der Waals surface area contributed by atoms with Crippen LogP contribution in [0.25, 0.3) is 0 Å². The summed E-state index contributed by atoms with van der Waals surface area (Å²) in [6, 6.07) is 6.82. The predicted octanol–water partition coefficient (Wildman–Crippen LogP) is 2.32. The van der Waals surface area contributed by atoms with Gasteiger partial charge in [-0.05, 0) is 30.1 Å². The third-order valence-corrected chi connectivity index (χ3v) is 2.36. The molecule has 0 unspecified atom stereocenters. The Morgan fingerprint density at radius 3 is 2.61 bits per heavy atom. The van der Waals surface area contributed by atoms with Crippen molar-refractivity contribution in [2.24, 2.45) is 0 Å². The van der Waals surface area contributed by atoms with Crippen molar-refractivity contribution >= 4 is 23.8 Å². The Morgan fingerprint density at radius 2 is 2.06 bits per heavy atom. The van der Waals surface area contributed by atoms with Gasteiger partial charge < -0.3 is 9.84 Å². The lowest BCUT2D eigenvalue weighted by atomic mass is 10.3. The molecule has 18 heavy (non-hydrogen) atoms. The molecule has 0 aliphatic rings. The highest BCUT2D eigenvalue weighted by atomic mass is 32.2. The predicted molar refractivity (Wildman–Crippen MR) is 70.6 cm³/mol. The van der Waals surface area contributed by atoms with Crippen LogP contribution in [0.1, 0.15) is 20.8 Å². The summed E-state index contributed by atoms with van der Waals surface area (Å²) in [5.74, 6) is -0.723. The molecule has 0 heterocycles. The number of benzene rings is 1. The van der Waals surface area contributed by atoms with Crippen LogP contribution in [0.5, 0.6) is 5.75 Å². The first-order chi connectivity index (χ1) is 8.58. The van der Waals surface area contributed by atoms with E-state index in [1.54, 1.807) is 24.3 Å². The number of amides is 1. The van der Waals surface area contributed by atoms with E-state index in [1.165, 1.54) is 6.92 Å². The molecule has 1 aromatic carbocycles. The molecule has 1 aromatic rings. The van der Waals surface area contributed by atoms with Gasteiger partial charge in [-0.3, -0.25) is 9.52 Å². The first-order valence-corrected chi connectivity index (χ1v) is 6.27. The average Bonchev–Trinajstić information content (AvgIpc) is 2.37. The van der Waals surface area contributed by atoms with Crippen molar-refractivity contribution in [3.05, 3.63) is 24.3 Å². The molecule has 0 spiro atoms. The molecule has 0 fully saturated rings. The lowest BCUT2D eigenvalue weighted by molar-refractivity contribution is -0.139. The standard InChI is InChI=1S/C10H11NO4S.C2H6/c1-7(12)11-16-9-4-2-3-8(5-9)15-6-10(13)14;1-2/h2-5H,6H2,1H3,(H,11,12)(H,13,14);1-2H3. The van der Waals surface area contributed by atoms with E-state index in [0.717, 1.165) is 16.8 Å². The SMILES string of the molecule is CC.CC(=O)NSc1cccc(OCC(=O)O)c1. The van der Waals surface area contributed by atoms with Crippen LogP contribution in [0.4, 0.5) is 0 Å². The molecule has 6 heteroatoms. The average molecular weight is 271 g/mol. The quantitative estimate of drug-likeness (QED) is 0.804. The minimum atomic E-state index is -1.03. The Labute approximate surface area is 111 Å². The van der Waals surface area contributed by atoms with Crippen molar-refractivity contribution in [1.82, 2.24) is 4.72 Å². The summed E-state index contributed by atoms with van der Waals surface area (Å²) in [4.78, 5) is 21.7. The molecular formula is C12H17NO4S. The summed E-state index contributed by atoms with van der Waals surface area (Å²) < 4.78 is 7.55. The van der Waals surface area contributed by atoms with Gasteiger partial charge in [-0.2, -0.15) is 0 Å². The van der Waals surface area contributed by atoms with E-state index in [-0.39, 0.29) is 12.5 Å². The molecule has 0 bridgehead atoms. The highest BCUT2D eigenvalue weighted by Crippen LogP contribution is 2.20. The zero-order chi connectivity index (χ0) is 14.0. The van der Waals surface area contributed by atoms with Crippen molar-refractivity contribution in [3.63, 3.8) is 0 Å². The maximum absolute atomic E-state index is 10.7. The second-order valence-electron chi connectivity index (χ2n) is 2.92. The van der Waals surface area contributed by atoms with Crippen molar-refractivity contribution in [3.8, 4) is 5.75 Å². The number of hydrogen-bond donors (Lipinski definition) is 2. The van der Waals surface area contributed by atoms with Gasteiger partial charge >= 0.3 is 5.97 Å². The number of ether oxygens (including phenoxy) is 1. The van der Waals surface area contributed by atoms with Crippen LogP contribution in [0, 0.1) is 0 Å². The number of aliphatic carboxylic acids is 1. The molecule has 0 aliphatic heterocycles. The summed E-state index contributed by atoms with van der Waals surface area (Å²) >= 11 is 1.15. The second-order valence-corrected chi connectivity index (χ2v) is 3.80. The van der Waals surface area contributed by atoms with Crippen molar-refractivity contribution < 1.29 is 19.4 Å². The normalized spacial score (nSPS) is 8.83. The molecule has 1 amide bonds. The molecule has 0 aliphatic carbocycles. The molecule has 100 valence electrons. The van der Waals surface area contributed by atoms with Crippen LogP contribution in [0.3, 0.4) is 0 Å². The first kappa shape index (κ1) is 16.3. The number of rotatable bonds is 5. The summed E-state index contributed by atoms with van der Waals surface area (Å²) in [6.45, 7) is 5.03. The van der Waals surface area contributed by atoms with Gasteiger partial charge in [0.15, 0.2) is 6.61 Å². The smallest absolute Gasteiger partial charge is 0.341 e. The van der Waals surface area contributed by atoms with Gasteiger partial charge in [0.1, 0.15) is 5.75 Å². The molecule has 0 aromatic heterocycles.